The maximum absolute atomic E-state index is 13.2. The summed E-state index contributed by atoms with van der Waals surface area (Å²) in [6.45, 7) is 0.471. The summed E-state index contributed by atoms with van der Waals surface area (Å²) >= 11 is 0. The third kappa shape index (κ3) is 4.24. The van der Waals surface area contributed by atoms with Gasteiger partial charge in [0.25, 0.3) is 0 Å². The number of rotatable bonds is 6. The molecule has 2 atom stereocenters. The lowest BCUT2D eigenvalue weighted by molar-refractivity contribution is 0.229. The molecule has 0 saturated carbocycles. The van der Waals surface area contributed by atoms with Gasteiger partial charge in [-0.3, -0.25) is 0 Å². The fourth-order valence-corrected chi connectivity index (χ4v) is 5.24. The van der Waals surface area contributed by atoms with Crippen molar-refractivity contribution < 1.29 is 12.8 Å². The molecule has 2 aromatic heterocycles. The summed E-state index contributed by atoms with van der Waals surface area (Å²) in [5, 5.41) is 18.9. The van der Waals surface area contributed by atoms with E-state index in [1.807, 2.05) is 0 Å². The number of hydrogen-bond acceptors (Lipinski definition) is 9. The van der Waals surface area contributed by atoms with Gasteiger partial charge in [0.05, 0.1) is 29.7 Å². The maximum atomic E-state index is 13.2. The second-order valence-corrected chi connectivity index (χ2v) is 8.96. The van der Waals surface area contributed by atoms with Crippen LogP contribution in [0.5, 0.6) is 0 Å². The van der Waals surface area contributed by atoms with Crippen molar-refractivity contribution in [1.82, 2.24) is 40.2 Å². The van der Waals surface area contributed by atoms with Crippen LogP contribution in [0.3, 0.4) is 0 Å². The first-order chi connectivity index (χ1) is 14.2. The van der Waals surface area contributed by atoms with E-state index in [-0.39, 0.29) is 18.2 Å². The van der Waals surface area contributed by atoms with Gasteiger partial charge in [0, 0.05) is 0 Å². The zero-order valence-electron chi connectivity index (χ0n) is 15.8. The van der Waals surface area contributed by atoms with Crippen LogP contribution >= 0.6 is 0 Å². The predicted octanol–water partition coefficient (Wildman–Crippen LogP) is -1.12. The van der Waals surface area contributed by atoms with Crippen LogP contribution in [0, 0.1) is 5.82 Å². The molecule has 0 amide bonds. The number of benzene rings is 1. The van der Waals surface area contributed by atoms with Crippen molar-refractivity contribution >= 4 is 10.0 Å². The summed E-state index contributed by atoms with van der Waals surface area (Å²) in [5.74, 6) is 10.5. The molecule has 0 aliphatic carbocycles. The van der Waals surface area contributed by atoms with Gasteiger partial charge in [0.2, 0.25) is 10.0 Å². The molecule has 160 valence electrons. The predicted molar refractivity (Wildman–Crippen MR) is 104 cm³/mol. The van der Waals surface area contributed by atoms with E-state index in [1.165, 1.54) is 30.5 Å². The van der Waals surface area contributed by atoms with Crippen LogP contribution in [-0.4, -0.2) is 45.2 Å². The summed E-state index contributed by atoms with van der Waals surface area (Å²) in [6, 6.07) is 4.98. The van der Waals surface area contributed by atoms with Gasteiger partial charge in [0.1, 0.15) is 17.2 Å². The van der Waals surface area contributed by atoms with Crippen molar-refractivity contribution in [3.05, 3.63) is 59.4 Å². The van der Waals surface area contributed by atoms with E-state index in [2.05, 4.69) is 30.7 Å². The Morgan fingerprint density at radius 3 is 2.50 bits per heavy atom. The minimum absolute atomic E-state index is 0.285. The van der Waals surface area contributed by atoms with Gasteiger partial charge in [-0.2, -0.15) is 9.58 Å². The average molecular weight is 436 g/mol. The third-order valence-electron chi connectivity index (χ3n) is 5.00. The van der Waals surface area contributed by atoms with Gasteiger partial charge in [-0.25, -0.2) is 17.5 Å². The van der Waals surface area contributed by atoms with Crippen LogP contribution in [0.1, 0.15) is 35.8 Å². The molecule has 1 aromatic carbocycles. The summed E-state index contributed by atoms with van der Waals surface area (Å²) < 4.78 is 42.0. The Balaban J connectivity index is 1.65. The number of nitrogens with one attached hydrogen (secondary N) is 2. The Morgan fingerprint density at radius 1 is 1.17 bits per heavy atom. The van der Waals surface area contributed by atoms with Gasteiger partial charge >= 0.3 is 0 Å². The number of nitrogens with two attached hydrogens (primary N) is 2. The minimum Gasteiger partial charge on any atom is -0.322 e. The zero-order chi connectivity index (χ0) is 21.4. The number of nitrogen functional groups attached to an aromatic ring is 2. The highest BCUT2D eigenvalue weighted by atomic mass is 32.2. The molecular formula is C16H21FN10O2S. The van der Waals surface area contributed by atoms with Gasteiger partial charge in [-0.1, -0.05) is 12.1 Å². The number of hydrogen-bond donors (Lipinski definition) is 4. The van der Waals surface area contributed by atoms with E-state index < -0.39 is 21.4 Å². The van der Waals surface area contributed by atoms with Crippen molar-refractivity contribution in [1.29, 1.82) is 0 Å². The lowest BCUT2D eigenvalue weighted by atomic mass is 9.82. The smallest absolute Gasteiger partial charge is 0.216 e. The van der Waals surface area contributed by atoms with Crippen LogP contribution < -0.4 is 21.7 Å². The zero-order valence-corrected chi connectivity index (χ0v) is 16.6. The topological polar surface area (TPSA) is 172 Å². The average Bonchev–Trinajstić information content (AvgIpc) is 3.32. The monoisotopic (exact) mass is 436 g/mol. The highest BCUT2D eigenvalue weighted by Crippen LogP contribution is 2.37. The van der Waals surface area contributed by atoms with Gasteiger partial charge in [-0.15, -0.1) is 10.2 Å². The Bertz CT molecular complexity index is 1130. The summed E-state index contributed by atoms with van der Waals surface area (Å²) in [7, 11) is -3.83. The van der Waals surface area contributed by atoms with Gasteiger partial charge in [-0.05, 0) is 47.5 Å². The molecular weight excluding hydrogens is 415 g/mol. The highest BCUT2D eigenvalue weighted by molar-refractivity contribution is 7.88. The Labute approximate surface area is 171 Å². The molecule has 2 unspecified atom stereocenters. The van der Waals surface area contributed by atoms with Gasteiger partial charge in [0.15, 0.2) is 0 Å². The molecule has 30 heavy (non-hydrogen) atoms. The maximum Gasteiger partial charge on any atom is 0.216 e. The normalized spacial score (nSPS) is 22.2. The summed E-state index contributed by atoms with van der Waals surface area (Å²) in [4.78, 5) is 2.11. The van der Waals surface area contributed by atoms with Crippen molar-refractivity contribution in [2.45, 2.75) is 30.2 Å². The molecule has 0 radical (unpaired) electrons. The second-order valence-electron chi connectivity index (χ2n) is 7.24. The summed E-state index contributed by atoms with van der Waals surface area (Å²) in [6.07, 6.45) is 3.72. The minimum atomic E-state index is -3.83. The quantitative estimate of drug-likeness (QED) is 0.349. The number of aromatic nitrogens is 6. The van der Waals surface area contributed by atoms with Crippen LogP contribution in [0.4, 0.5) is 4.39 Å². The number of piperidine rings is 1. The van der Waals surface area contributed by atoms with E-state index in [1.54, 1.807) is 6.20 Å². The molecule has 4 rings (SSSR count). The Kier molecular flexibility index (Phi) is 5.13. The number of nitrogens with zero attached hydrogens (tertiary/aromatic N) is 6. The SMILES string of the molecule is Nn1cc(C2CC(NS(=O)(=O)Cc3ccc(F)cc3)(c3cn(N)nn3)CCN2)nn1. The number of sulfonamides is 1. The lowest BCUT2D eigenvalue weighted by Gasteiger charge is -2.39. The van der Waals surface area contributed by atoms with E-state index in [9.17, 15) is 12.8 Å². The first-order valence-electron chi connectivity index (χ1n) is 9.09. The Morgan fingerprint density at radius 2 is 1.87 bits per heavy atom. The molecule has 1 aliphatic heterocycles. The van der Waals surface area contributed by atoms with Crippen LogP contribution in [0.25, 0.3) is 0 Å². The molecule has 0 bridgehead atoms. The molecule has 1 saturated heterocycles. The third-order valence-corrected chi connectivity index (χ3v) is 6.42. The van der Waals surface area contributed by atoms with Crippen molar-refractivity contribution in [2.75, 3.05) is 18.2 Å². The van der Waals surface area contributed by atoms with Crippen molar-refractivity contribution in [3.8, 4) is 0 Å². The molecule has 0 spiro atoms. The molecule has 1 aliphatic rings. The summed E-state index contributed by atoms with van der Waals surface area (Å²) in [5.41, 5.74) is 0.335. The van der Waals surface area contributed by atoms with E-state index in [0.29, 0.717) is 29.9 Å². The molecule has 3 heterocycles. The largest absolute Gasteiger partial charge is 0.322 e. The van der Waals surface area contributed by atoms with E-state index in [4.69, 9.17) is 11.7 Å². The molecule has 14 heteroatoms. The first kappa shape index (κ1) is 20.2. The van der Waals surface area contributed by atoms with Gasteiger partial charge < -0.3 is 17.0 Å². The van der Waals surface area contributed by atoms with Crippen LogP contribution in [0.2, 0.25) is 0 Å². The molecule has 12 nitrogen and oxygen atoms in total. The first-order valence-corrected chi connectivity index (χ1v) is 10.7. The molecule has 3 aromatic rings. The van der Waals surface area contributed by atoms with Crippen LogP contribution in [-0.2, 0) is 21.3 Å². The van der Waals surface area contributed by atoms with Crippen LogP contribution in [0.15, 0.2) is 36.7 Å². The number of halogens is 1. The second kappa shape index (κ2) is 7.62. The molecule has 6 N–H and O–H groups in total. The lowest BCUT2D eigenvalue weighted by Crippen LogP contribution is -2.53. The fraction of sp³-hybridized carbons (Fsp3) is 0.375. The Hall–Kier alpha value is -3.10. The van der Waals surface area contributed by atoms with E-state index >= 15 is 0 Å². The van der Waals surface area contributed by atoms with Crippen molar-refractivity contribution in [3.63, 3.8) is 0 Å². The molecule has 1 fully saturated rings. The fourth-order valence-electron chi connectivity index (χ4n) is 3.65. The highest BCUT2D eigenvalue weighted by Gasteiger charge is 2.44. The standard InChI is InChI=1S/C16H21FN10O2S/c17-12-3-1-11(2-4-12)10-30(28,29)23-16(15-9-27(19)25-22-15)5-6-20-13(7-16)14-8-26(18)24-21-14/h1-4,8-9,13,20,23H,5-7,10,18-19H2. The van der Waals surface area contributed by atoms with Crippen molar-refractivity contribution in [2.24, 2.45) is 0 Å². The van der Waals surface area contributed by atoms with E-state index in [0.717, 1.165) is 9.58 Å².